The van der Waals surface area contributed by atoms with Crippen molar-refractivity contribution in [1.82, 2.24) is 4.57 Å². The summed E-state index contributed by atoms with van der Waals surface area (Å²) in [5, 5.41) is 0. The van der Waals surface area contributed by atoms with Crippen LogP contribution in [0.15, 0.2) is 93.9 Å². The van der Waals surface area contributed by atoms with Gasteiger partial charge in [0.2, 0.25) is 6.79 Å². The van der Waals surface area contributed by atoms with Gasteiger partial charge < -0.3 is 18.9 Å². The van der Waals surface area contributed by atoms with E-state index in [0.717, 1.165) is 11.1 Å². The van der Waals surface area contributed by atoms with Gasteiger partial charge in [0.25, 0.3) is 5.56 Å². The monoisotopic (exact) mass is 554 g/mol. The number of carbonyl (C=O) groups is 1. The van der Waals surface area contributed by atoms with E-state index in [4.69, 9.17) is 18.9 Å². The minimum absolute atomic E-state index is 0.120. The summed E-state index contributed by atoms with van der Waals surface area (Å²) in [6.07, 6.45) is 1.82. The molecule has 8 nitrogen and oxygen atoms in total. The summed E-state index contributed by atoms with van der Waals surface area (Å²) < 4.78 is 24.4. The first-order valence-corrected chi connectivity index (χ1v) is 13.7. The van der Waals surface area contributed by atoms with Gasteiger partial charge in [-0.2, -0.15) is 0 Å². The lowest BCUT2D eigenvalue weighted by Gasteiger charge is -2.24. The maximum atomic E-state index is 13.9. The summed E-state index contributed by atoms with van der Waals surface area (Å²) >= 11 is 1.27. The molecular formula is C31H26N2O6S. The van der Waals surface area contributed by atoms with Crippen molar-refractivity contribution in [2.45, 2.75) is 26.5 Å². The van der Waals surface area contributed by atoms with Crippen molar-refractivity contribution in [3.8, 4) is 17.2 Å². The zero-order chi connectivity index (χ0) is 27.6. The first-order valence-electron chi connectivity index (χ1n) is 12.9. The van der Waals surface area contributed by atoms with Crippen molar-refractivity contribution in [2.75, 3.05) is 13.4 Å². The normalized spacial score (nSPS) is 15.9. The third-order valence-corrected chi connectivity index (χ3v) is 7.62. The molecule has 3 heterocycles. The van der Waals surface area contributed by atoms with E-state index >= 15 is 0 Å². The molecule has 4 aromatic rings. The van der Waals surface area contributed by atoms with Crippen LogP contribution in [-0.2, 0) is 16.1 Å². The summed E-state index contributed by atoms with van der Waals surface area (Å²) in [6, 6.07) is 22.2. The van der Waals surface area contributed by atoms with E-state index in [9.17, 15) is 9.59 Å². The summed E-state index contributed by atoms with van der Waals surface area (Å²) in [7, 11) is 0. The van der Waals surface area contributed by atoms with E-state index in [1.807, 2.05) is 66.7 Å². The van der Waals surface area contributed by atoms with E-state index in [2.05, 4.69) is 4.99 Å². The number of fused-ring (bicyclic) bond motifs is 2. The van der Waals surface area contributed by atoms with Crippen LogP contribution in [0.1, 0.15) is 36.6 Å². The highest BCUT2D eigenvalue weighted by molar-refractivity contribution is 7.07. The van der Waals surface area contributed by atoms with Gasteiger partial charge in [-0.25, -0.2) is 9.79 Å². The van der Waals surface area contributed by atoms with Gasteiger partial charge in [-0.1, -0.05) is 59.9 Å². The van der Waals surface area contributed by atoms with Crippen LogP contribution in [0.2, 0.25) is 0 Å². The van der Waals surface area contributed by atoms with Gasteiger partial charge in [-0.15, -0.1) is 0 Å². The fourth-order valence-electron chi connectivity index (χ4n) is 4.78. The van der Waals surface area contributed by atoms with E-state index < -0.39 is 12.0 Å². The fourth-order valence-corrected chi connectivity index (χ4v) is 5.82. The Hall–Kier alpha value is -4.63. The summed E-state index contributed by atoms with van der Waals surface area (Å²) in [6.45, 7) is 4.27. The predicted octanol–water partition coefficient (Wildman–Crippen LogP) is 4.11. The van der Waals surface area contributed by atoms with Crippen LogP contribution < -0.4 is 29.1 Å². The van der Waals surface area contributed by atoms with Crippen LogP contribution in [0, 0.1) is 0 Å². The molecule has 202 valence electrons. The first-order chi connectivity index (χ1) is 19.5. The number of esters is 1. The molecule has 0 bridgehead atoms. The molecule has 1 aromatic heterocycles. The topological polar surface area (TPSA) is 88.4 Å². The Balaban J connectivity index is 1.41. The van der Waals surface area contributed by atoms with Gasteiger partial charge in [0.15, 0.2) is 16.3 Å². The lowest BCUT2D eigenvalue weighted by atomic mass is 9.95. The molecular weight excluding hydrogens is 528 g/mol. The van der Waals surface area contributed by atoms with Crippen molar-refractivity contribution in [2.24, 2.45) is 4.99 Å². The summed E-state index contributed by atoms with van der Waals surface area (Å²) in [5.41, 5.74) is 3.15. The highest BCUT2D eigenvalue weighted by atomic mass is 32.1. The molecule has 6 rings (SSSR count). The average Bonchev–Trinajstić information content (AvgIpc) is 3.55. The number of hydrogen-bond donors (Lipinski definition) is 0. The van der Waals surface area contributed by atoms with Crippen LogP contribution in [-0.4, -0.2) is 23.9 Å². The number of allylic oxidation sites excluding steroid dienone is 1. The number of nitrogens with zero attached hydrogens (tertiary/aromatic N) is 2. The molecule has 2 aliphatic rings. The Kier molecular flexibility index (Phi) is 6.96. The molecule has 0 spiro atoms. The molecule has 3 aromatic carbocycles. The van der Waals surface area contributed by atoms with Gasteiger partial charge in [0.05, 0.1) is 28.5 Å². The molecule has 1 atom stereocenters. The van der Waals surface area contributed by atoms with Crippen LogP contribution >= 0.6 is 11.3 Å². The third-order valence-electron chi connectivity index (χ3n) is 6.63. The van der Waals surface area contributed by atoms with Crippen molar-refractivity contribution >= 4 is 23.4 Å². The second-order valence-corrected chi connectivity index (χ2v) is 10.3. The highest BCUT2D eigenvalue weighted by Gasteiger charge is 2.34. The molecule has 0 N–H and O–H groups in total. The second kappa shape index (κ2) is 10.9. The van der Waals surface area contributed by atoms with E-state index in [0.29, 0.717) is 50.0 Å². The van der Waals surface area contributed by atoms with Crippen molar-refractivity contribution in [1.29, 1.82) is 0 Å². The second-order valence-electron chi connectivity index (χ2n) is 9.26. The van der Waals surface area contributed by atoms with Gasteiger partial charge in [-0.3, -0.25) is 9.36 Å². The Labute approximate surface area is 234 Å². The lowest BCUT2D eigenvalue weighted by Crippen LogP contribution is -2.39. The molecule has 0 amide bonds. The minimum atomic E-state index is -0.729. The van der Waals surface area contributed by atoms with E-state index in [1.165, 1.54) is 11.3 Å². The predicted molar refractivity (Wildman–Crippen MR) is 150 cm³/mol. The maximum Gasteiger partial charge on any atom is 0.338 e. The molecule has 2 aliphatic heterocycles. The molecule has 40 heavy (non-hydrogen) atoms. The third kappa shape index (κ3) is 4.91. The summed E-state index contributed by atoms with van der Waals surface area (Å²) in [5.74, 6) is 1.36. The molecule has 0 saturated heterocycles. The van der Waals surface area contributed by atoms with Gasteiger partial charge in [-0.05, 0) is 60.9 Å². The molecule has 1 unspecified atom stereocenters. The van der Waals surface area contributed by atoms with Crippen molar-refractivity contribution in [3.05, 3.63) is 120 Å². The maximum absolute atomic E-state index is 13.9. The molecule has 0 fully saturated rings. The van der Waals surface area contributed by atoms with Crippen molar-refractivity contribution in [3.63, 3.8) is 0 Å². The minimum Gasteiger partial charge on any atom is -0.489 e. The Morgan fingerprint density at radius 2 is 1.90 bits per heavy atom. The highest BCUT2D eigenvalue weighted by Crippen LogP contribution is 2.38. The molecule has 9 heteroatoms. The number of aromatic nitrogens is 1. The van der Waals surface area contributed by atoms with E-state index in [-0.39, 0.29) is 19.0 Å². The molecule has 0 saturated carbocycles. The number of ether oxygens (including phenoxy) is 4. The number of hydrogen-bond acceptors (Lipinski definition) is 8. The lowest BCUT2D eigenvalue weighted by molar-refractivity contribution is -0.139. The van der Waals surface area contributed by atoms with Gasteiger partial charge in [0, 0.05) is 0 Å². The van der Waals surface area contributed by atoms with Gasteiger partial charge in [0.1, 0.15) is 12.4 Å². The van der Waals surface area contributed by atoms with Gasteiger partial charge >= 0.3 is 5.97 Å². The first kappa shape index (κ1) is 25.6. The molecule has 0 aliphatic carbocycles. The Bertz CT molecular complexity index is 1810. The van der Waals surface area contributed by atoms with Crippen LogP contribution in [0.5, 0.6) is 17.2 Å². The van der Waals surface area contributed by atoms with Crippen LogP contribution in [0.3, 0.4) is 0 Å². The molecule has 0 radical (unpaired) electrons. The number of rotatable bonds is 7. The zero-order valence-electron chi connectivity index (χ0n) is 22.0. The van der Waals surface area contributed by atoms with E-state index in [1.54, 1.807) is 30.5 Å². The average molecular weight is 555 g/mol. The smallest absolute Gasteiger partial charge is 0.338 e. The van der Waals surface area contributed by atoms with Crippen LogP contribution in [0.25, 0.3) is 6.08 Å². The zero-order valence-corrected chi connectivity index (χ0v) is 22.8. The largest absolute Gasteiger partial charge is 0.489 e. The number of carbonyl (C=O) groups excluding carboxylic acids is 1. The standard InChI is InChI=1S/C31H26N2O6S/c1-3-36-30(35)27-19(2)32-31-33(28(27)22-12-13-24-25(16-22)39-18-38-24)29(34)26(40-31)15-21-10-7-11-23(14-21)37-17-20-8-5-4-6-9-20/h4-16,28H,3,17-18H2,1-2H3. The number of thiazole rings is 1. The fraction of sp³-hybridized carbons (Fsp3) is 0.194. The Morgan fingerprint density at radius 3 is 2.73 bits per heavy atom. The number of benzene rings is 3. The van der Waals surface area contributed by atoms with Crippen molar-refractivity contribution < 1.29 is 23.7 Å². The van der Waals surface area contributed by atoms with Crippen LogP contribution in [0.4, 0.5) is 0 Å². The summed E-state index contributed by atoms with van der Waals surface area (Å²) in [4.78, 5) is 32.1. The quantitative estimate of drug-likeness (QED) is 0.320. The SMILES string of the molecule is CCOC(=O)C1=C(C)N=c2sc(=Cc3cccc(OCc4ccccc4)c3)c(=O)n2C1c1ccc2c(c1)OCO2. The Morgan fingerprint density at radius 1 is 1.07 bits per heavy atom.